The highest BCUT2D eigenvalue weighted by molar-refractivity contribution is 7.20. The first-order chi connectivity index (χ1) is 11.6. The molecule has 24 heavy (non-hydrogen) atoms. The molecule has 0 bridgehead atoms. The van der Waals surface area contributed by atoms with Gasteiger partial charge in [-0.05, 0) is 37.5 Å². The predicted molar refractivity (Wildman–Crippen MR) is 98.5 cm³/mol. The van der Waals surface area contributed by atoms with Gasteiger partial charge in [-0.15, -0.1) is 11.3 Å². The molecule has 4 nitrogen and oxygen atoms in total. The summed E-state index contributed by atoms with van der Waals surface area (Å²) in [5.41, 5.74) is 1.29. The normalized spacial score (nSPS) is 14.5. The van der Waals surface area contributed by atoms with E-state index in [1.54, 1.807) is 24.3 Å². The number of rotatable bonds is 3. The number of nitrogens with zero attached hydrogens (tertiary/aromatic N) is 1. The highest BCUT2D eigenvalue weighted by atomic mass is 35.5. The van der Waals surface area contributed by atoms with Gasteiger partial charge in [-0.2, -0.15) is 0 Å². The van der Waals surface area contributed by atoms with Crippen LogP contribution >= 0.6 is 34.5 Å². The van der Waals surface area contributed by atoms with Crippen molar-refractivity contribution in [3.8, 4) is 0 Å². The molecule has 7 heteroatoms. The van der Waals surface area contributed by atoms with Gasteiger partial charge in [0.05, 0.1) is 21.2 Å². The van der Waals surface area contributed by atoms with E-state index in [2.05, 4.69) is 5.32 Å². The van der Waals surface area contributed by atoms with Gasteiger partial charge in [0.1, 0.15) is 4.34 Å². The molecule has 1 aliphatic heterocycles. The van der Waals surface area contributed by atoms with E-state index in [9.17, 15) is 9.59 Å². The molecule has 2 heterocycles. The molecule has 1 N–H and O–H groups in total. The number of benzene rings is 1. The van der Waals surface area contributed by atoms with Gasteiger partial charge in [0, 0.05) is 13.1 Å². The number of amides is 2. The zero-order chi connectivity index (χ0) is 17.1. The number of hydrogen-bond donors (Lipinski definition) is 1. The summed E-state index contributed by atoms with van der Waals surface area (Å²) in [6.07, 6.45) is 3.19. The molecule has 2 aromatic rings. The number of nitrogens with one attached hydrogen (secondary N) is 1. The third-order valence-electron chi connectivity index (χ3n) is 3.95. The minimum absolute atomic E-state index is 0.0555. The molecule has 0 unspecified atom stereocenters. The van der Waals surface area contributed by atoms with Gasteiger partial charge in [-0.1, -0.05) is 35.3 Å². The Bertz CT molecular complexity index is 770. The van der Waals surface area contributed by atoms with Crippen molar-refractivity contribution in [3.05, 3.63) is 50.1 Å². The summed E-state index contributed by atoms with van der Waals surface area (Å²) < 4.78 is 0.778. The van der Waals surface area contributed by atoms with Crippen LogP contribution in [0.25, 0.3) is 0 Å². The van der Waals surface area contributed by atoms with Gasteiger partial charge in [-0.25, -0.2) is 0 Å². The maximum atomic E-state index is 12.7. The van der Waals surface area contributed by atoms with Crippen LogP contribution in [-0.4, -0.2) is 29.8 Å². The van der Waals surface area contributed by atoms with Crippen LogP contribution in [0.2, 0.25) is 8.67 Å². The molecule has 0 atom stereocenters. The molecule has 1 saturated heterocycles. The second kappa shape index (κ2) is 7.55. The van der Waals surface area contributed by atoms with E-state index in [1.807, 2.05) is 4.90 Å². The third kappa shape index (κ3) is 3.74. The number of anilines is 1. The Hall–Kier alpha value is -1.56. The molecule has 1 aliphatic rings. The lowest BCUT2D eigenvalue weighted by atomic mass is 10.1. The Labute approximate surface area is 154 Å². The van der Waals surface area contributed by atoms with Gasteiger partial charge in [0.25, 0.3) is 11.8 Å². The van der Waals surface area contributed by atoms with Crippen molar-refractivity contribution in [2.45, 2.75) is 19.3 Å². The summed E-state index contributed by atoms with van der Waals surface area (Å²) in [6, 6.07) is 8.55. The average molecular weight is 383 g/mol. The van der Waals surface area contributed by atoms with Gasteiger partial charge >= 0.3 is 0 Å². The zero-order valence-electron chi connectivity index (χ0n) is 12.9. The van der Waals surface area contributed by atoms with Crippen LogP contribution in [0.5, 0.6) is 0 Å². The fourth-order valence-corrected chi connectivity index (χ4v) is 4.19. The Balaban J connectivity index is 1.82. The molecule has 0 aliphatic carbocycles. The number of thiophene rings is 1. The molecule has 1 aromatic carbocycles. The average Bonchev–Trinajstić information content (AvgIpc) is 2.94. The highest BCUT2D eigenvalue weighted by Crippen LogP contribution is 2.32. The van der Waals surface area contributed by atoms with Crippen LogP contribution in [0.4, 0.5) is 5.69 Å². The molecule has 0 saturated carbocycles. The summed E-state index contributed by atoms with van der Waals surface area (Å²) in [5, 5.41) is 2.78. The molecule has 0 radical (unpaired) electrons. The second-order valence-corrected chi connectivity index (χ2v) is 7.88. The number of carbonyl (C=O) groups excluding carboxylic acids is 2. The number of likely N-dealkylation sites (tertiary alicyclic amines) is 1. The minimum Gasteiger partial charge on any atom is -0.339 e. The van der Waals surface area contributed by atoms with E-state index in [0.717, 1.165) is 43.7 Å². The zero-order valence-corrected chi connectivity index (χ0v) is 15.2. The first kappa shape index (κ1) is 17.3. The van der Waals surface area contributed by atoms with Crippen LogP contribution in [0, 0.1) is 0 Å². The Morgan fingerprint density at radius 2 is 1.75 bits per heavy atom. The number of carbonyl (C=O) groups is 2. The molecule has 0 spiro atoms. The number of halogens is 2. The number of hydrogen-bond acceptors (Lipinski definition) is 3. The fourth-order valence-electron chi connectivity index (χ4n) is 2.73. The molecule has 3 rings (SSSR count). The summed E-state index contributed by atoms with van der Waals surface area (Å²) in [6.45, 7) is 1.51. The maximum Gasteiger partial charge on any atom is 0.258 e. The van der Waals surface area contributed by atoms with Crippen molar-refractivity contribution in [1.29, 1.82) is 0 Å². The lowest BCUT2D eigenvalue weighted by Crippen LogP contribution is -2.36. The molecular formula is C17H16Cl2N2O2S. The molecule has 1 aromatic heterocycles. The van der Waals surface area contributed by atoms with Crippen molar-refractivity contribution < 1.29 is 9.59 Å². The van der Waals surface area contributed by atoms with E-state index in [4.69, 9.17) is 23.2 Å². The van der Waals surface area contributed by atoms with Crippen molar-refractivity contribution >= 4 is 52.0 Å². The van der Waals surface area contributed by atoms with Crippen molar-refractivity contribution in [1.82, 2.24) is 4.90 Å². The van der Waals surface area contributed by atoms with Crippen LogP contribution in [-0.2, 0) is 0 Å². The third-order valence-corrected chi connectivity index (χ3v) is 5.44. The lowest BCUT2D eigenvalue weighted by Gasteiger charge is -2.27. The van der Waals surface area contributed by atoms with Gasteiger partial charge in [-0.3, -0.25) is 9.59 Å². The molecule has 1 fully saturated rings. The Morgan fingerprint density at radius 1 is 1.04 bits per heavy atom. The fraction of sp³-hybridized carbons (Fsp3) is 0.294. The summed E-state index contributed by atoms with van der Waals surface area (Å²) >= 11 is 13.1. The summed E-state index contributed by atoms with van der Waals surface area (Å²) in [5.74, 6) is -0.429. The van der Waals surface area contributed by atoms with Gasteiger partial charge in [0.15, 0.2) is 0 Å². The summed E-state index contributed by atoms with van der Waals surface area (Å²) in [7, 11) is 0. The minimum atomic E-state index is -0.373. The van der Waals surface area contributed by atoms with Crippen molar-refractivity contribution in [3.63, 3.8) is 0 Å². The van der Waals surface area contributed by atoms with E-state index in [-0.39, 0.29) is 11.8 Å². The standard InChI is InChI=1S/C17H16Cl2N2O2S/c18-14-10-12(15(19)24-14)16(22)20-13-7-3-2-6-11(13)17(23)21-8-4-1-5-9-21/h2-3,6-7,10H,1,4-5,8-9H2,(H,20,22). The second-order valence-electron chi connectivity index (χ2n) is 5.59. The first-order valence-electron chi connectivity index (χ1n) is 7.71. The monoisotopic (exact) mass is 382 g/mol. The smallest absolute Gasteiger partial charge is 0.258 e. The van der Waals surface area contributed by atoms with Crippen molar-refractivity contribution in [2.75, 3.05) is 18.4 Å². The van der Waals surface area contributed by atoms with Crippen LogP contribution < -0.4 is 5.32 Å². The molecular weight excluding hydrogens is 367 g/mol. The molecule has 126 valence electrons. The predicted octanol–water partition coefficient (Wildman–Crippen LogP) is 4.93. The first-order valence-corrected chi connectivity index (χ1v) is 9.28. The van der Waals surface area contributed by atoms with Crippen molar-refractivity contribution in [2.24, 2.45) is 0 Å². The number of para-hydroxylation sites is 1. The van der Waals surface area contributed by atoms with Crippen LogP contribution in [0.3, 0.4) is 0 Å². The van der Waals surface area contributed by atoms with E-state index >= 15 is 0 Å². The Kier molecular flexibility index (Phi) is 5.43. The summed E-state index contributed by atoms with van der Waals surface area (Å²) in [4.78, 5) is 27.0. The van der Waals surface area contributed by atoms with Gasteiger partial charge < -0.3 is 10.2 Å². The van der Waals surface area contributed by atoms with E-state index < -0.39 is 0 Å². The van der Waals surface area contributed by atoms with Crippen LogP contribution in [0.15, 0.2) is 30.3 Å². The van der Waals surface area contributed by atoms with E-state index in [0.29, 0.717) is 25.5 Å². The lowest BCUT2D eigenvalue weighted by molar-refractivity contribution is 0.0725. The molecule has 2 amide bonds. The van der Waals surface area contributed by atoms with Gasteiger partial charge in [0.2, 0.25) is 0 Å². The maximum absolute atomic E-state index is 12.7. The van der Waals surface area contributed by atoms with Crippen LogP contribution in [0.1, 0.15) is 40.0 Å². The topological polar surface area (TPSA) is 49.4 Å². The highest BCUT2D eigenvalue weighted by Gasteiger charge is 2.22. The van der Waals surface area contributed by atoms with E-state index in [1.165, 1.54) is 6.07 Å². The largest absolute Gasteiger partial charge is 0.339 e. The Morgan fingerprint density at radius 3 is 2.42 bits per heavy atom. The number of piperidine rings is 1. The quantitative estimate of drug-likeness (QED) is 0.817. The SMILES string of the molecule is O=C(Nc1ccccc1C(=O)N1CCCCC1)c1cc(Cl)sc1Cl.